The van der Waals surface area contributed by atoms with Crippen molar-refractivity contribution in [3.63, 3.8) is 0 Å². The molecule has 3 atom stereocenters. The maximum absolute atomic E-state index is 13.3. The first-order valence-corrected chi connectivity index (χ1v) is 12.2. The number of carbonyl (C=O) groups is 3. The fourth-order valence-electron chi connectivity index (χ4n) is 6.31. The highest BCUT2D eigenvalue weighted by molar-refractivity contribution is 6.27. The van der Waals surface area contributed by atoms with Gasteiger partial charge >= 0.3 is 0 Å². The molecule has 1 aromatic carbocycles. The van der Waals surface area contributed by atoms with Crippen LogP contribution >= 0.6 is 0 Å². The summed E-state index contributed by atoms with van der Waals surface area (Å²) in [4.78, 5) is 43.9. The van der Waals surface area contributed by atoms with E-state index in [1.165, 1.54) is 44.9 Å². The zero-order valence-electron chi connectivity index (χ0n) is 18.3. The second-order valence-corrected chi connectivity index (χ2v) is 10.1. The second-order valence-electron chi connectivity index (χ2n) is 10.1. The fourth-order valence-corrected chi connectivity index (χ4v) is 6.31. The van der Waals surface area contributed by atoms with E-state index in [9.17, 15) is 14.4 Å². The van der Waals surface area contributed by atoms with Gasteiger partial charge in [0, 0.05) is 28.7 Å². The van der Waals surface area contributed by atoms with Crippen molar-refractivity contribution in [3.05, 3.63) is 35.7 Å². The minimum absolute atomic E-state index is 0.163. The molecule has 2 aliphatic carbocycles. The molecule has 1 saturated heterocycles. The van der Waals surface area contributed by atoms with Crippen molar-refractivity contribution >= 4 is 34.2 Å². The molecule has 4 aliphatic rings. The first-order chi connectivity index (χ1) is 15.6. The molecule has 0 spiro atoms. The molecule has 2 aliphatic heterocycles. The minimum atomic E-state index is -0.661. The molecule has 1 aromatic heterocycles. The quantitative estimate of drug-likeness (QED) is 0.709. The van der Waals surface area contributed by atoms with Gasteiger partial charge in [0.15, 0.2) is 0 Å². The SMILES string of the molecule is O=C1CCC(N2C(=O)c3cccc4c(C5CCC(CCC6CCC6)C5)ncc2c34)C(=O)N1. The van der Waals surface area contributed by atoms with Crippen LogP contribution < -0.4 is 10.2 Å². The van der Waals surface area contributed by atoms with Crippen LogP contribution in [0.2, 0.25) is 0 Å². The van der Waals surface area contributed by atoms with Crippen molar-refractivity contribution in [1.29, 1.82) is 0 Å². The van der Waals surface area contributed by atoms with Crippen LogP contribution in [0, 0.1) is 11.8 Å². The largest absolute Gasteiger partial charge is 0.295 e. The number of rotatable bonds is 5. The molecular formula is C26H29N3O3. The molecule has 1 N–H and O–H groups in total. The van der Waals surface area contributed by atoms with Gasteiger partial charge in [-0.3, -0.25) is 29.6 Å². The molecule has 0 radical (unpaired) electrons. The number of carbonyl (C=O) groups excluding carboxylic acids is 3. The first-order valence-electron chi connectivity index (χ1n) is 12.2. The van der Waals surface area contributed by atoms with Gasteiger partial charge in [0.1, 0.15) is 6.04 Å². The number of hydrogen-bond acceptors (Lipinski definition) is 4. The van der Waals surface area contributed by atoms with Gasteiger partial charge in [0.05, 0.1) is 17.6 Å². The molecule has 3 amide bonds. The molecule has 166 valence electrons. The van der Waals surface area contributed by atoms with E-state index in [4.69, 9.17) is 4.98 Å². The normalized spacial score (nSPS) is 27.8. The van der Waals surface area contributed by atoms with Crippen LogP contribution in [0.25, 0.3) is 10.8 Å². The molecule has 6 heteroatoms. The van der Waals surface area contributed by atoms with Gasteiger partial charge in [-0.1, -0.05) is 44.2 Å². The van der Waals surface area contributed by atoms with Crippen LogP contribution in [-0.4, -0.2) is 28.7 Å². The highest BCUT2D eigenvalue weighted by Crippen LogP contribution is 2.46. The van der Waals surface area contributed by atoms with Crippen LogP contribution in [0.15, 0.2) is 24.4 Å². The molecule has 32 heavy (non-hydrogen) atoms. The van der Waals surface area contributed by atoms with Crippen molar-refractivity contribution < 1.29 is 14.4 Å². The molecule has 6 nitrogen and oxygen atoms in total. The van der Waals surface area contributed by atoms with Crippen molar-refractivity contribution in [2.75, 3.05) is 4.90 Å². The summed E-state index contributed by atoms with van der Waals surface area (Å²) in [5.41, 5.74) is 2.46. The summed E-state index contributed by atoms with van der Waals surface area (Å²) in [5.74, 6) is 1.35. The third kappa shape index (κ3) is 3.14. The smallest absolute Gasteiger partial charge is 0.259 e. The standard InChI is InChI=1S/C26H29N3O3/c30-22-12-11-20(25(31)28-22)29-21-14-27-24(18-5-2-6-19(23(18)21)26(29)32)17-10-9-16(13-17)8-7-15-3-1-4-15/h2,5-6,14-17,20H,1,3-4,7-13H2,(H,28,30,31). The Balaban J connectivity index is 1.29. The number of piperidine rings is 1. The Hall–Kier alpha value is -2.76. The van der Waals surface area contributed by atoms with E-state index in [0.717, 1.165) is 34.7 Å². The maximum atomic E-state index is 13.3. The number of anilines is 1. The Morgan fingerprint density at radius 1 is 1.00 bits per heavy atom. The number of amides is 3. The average molecular weight is 432 g/mol. The van der Waals surface area contributed by atoms with E-state index in [1.807, 2.05) is 12.1 Å². The highest BCUT2D eigenvalue weighted by Gasteiger charge is 2.41. The fraction of sp³-hybridized carbons (Fsp3) is 0.538. The monoisotopic (exact) mass is 431 g/mol. The van der Waals surface area contributed by atoms with E-state index in [1.54, 1.807) is 11.1 Å². The lowest BCUT2D eigenvalue weighted by atomic mass is 9.80. The van der Waals surface area contributed by atoms with Gasteiger partial charge in [-0.25, -0.2) is 0 Å². The summed E-state index contributed by atoms with van der Waals surface area (Å²) in [5, 5.41) is 4.35. The van der Waals surface area contributed by atoms with Crippen molar-refractivity contribution in [2.45, 2.75) is 76.2 Å². The maximum Gasteiger partial charge on any atom is 0.259 e. The number of benzene rings is 1. The van der Waals surface area contributed by atoms with Crippen LogP contribution in [-0.2, 0) is 9.59 Å². The lowest BCUT2D eigenvalue weighted by Gasteiger charge is -2.30. The average Bonchev–Trinajstić information content (AvgIpc) is 3.32. The predicted molar refractivity (Wildman–Crippen MR) is 121 cm³/mol. The van der Waals surface area contributed by atoms with E-state index in [-0.39, 0.29) is 18.2 Å². The van der Waals surface area contributed by atoms with Gasteiger partial charge in [-0.2, -0.15) is 0 Å². The summed E-state index contributed by atoms with van der Waals surface area (Å²) >= 11 is 0. The van der Waals surface area contributed by atoms with Crippen LogP contribution in [0.3, 0.4) is 0 Å². The number of nitrogens with one attached hydrogen (secondary N) is 1. The van der Waals surface area contributed by atoms with Crippen LogP contribution in [0.4, 0.5) is 5.69 Å². The molecule has 6 rings (SSSR count). The molecule has 3 fully saturated rings. The zero-order chi connectivity index (χ0) is 21.8. The number of imide groups is 1. The number of pyridine rings is 1. The van der Waals surface area contributed by atoms with E-state index >= 15 is 0 Å². The first kappa shape index (κ1) is 19.9. The molecule has 3 unspecified atom stereocenters. The molecular weight excluding hydrogens is 402 g/mol. The van der Waals surface area contributed by atoms with Gasteiger partial charge in [0.25, 0.3) is 5.91 Å². The van der Waals surface area contributed by atoms with Gasteiger partial charge < -0.3 is 0 Å². The van der Waals surface area contributed by atoms with Crippen molar-refractivity contribution in [3.8, 4) is 0 Å². The Labute approximate surface area is 187 Å². The second kappa shape index (κ2) is 7.68. The summed E-state index contributed by atoms with van der Waals surface area (Å²) in [6, 6.07) is 5.19. The third-order valence-corrected chi connectivity index (χ3v) is 8.29. The number of aromatic nitrogens is 1. The minimum Gasteiger partial charge on any atom is -0.295 e. The highest BCUT2D eigenvalue weighted by atomic mass is 16.2. The third-order valence-electron chi connectivity index (χ3n) is 8.29. The number of hydrogen-bond donors (Lipinski definition) is 1. The Morgan fingerprint density at radius 2 is 1.84 bits per heavy atom. The predicted octanol–water partition coefficient (Wildman–Crippen LogP) is 4.46. The Bertz CT molecular complexity index is 1120. The van der Waals surface area contributed by atoms with E-state index in [0.29, 0.717) is 23.6 Å². The van der Waals surface area contributed by atoms with Crippen LogP contribution in [0.1, 0.15) is 86.2 Å². The van der Waals surface area contributed by atoms with Crippen molar-refractivity contribution in [2.24, 2.45) is 11.8 Å². The molecule has 2 aromatic rings. The van der Waals surface area contributed by atoms with Crippen LogP contribution in [0.5, 0.6) is 0 Å². The molecule has 3 heterocycles. The van der Waals surface area contributed by atoms with E-state index in [2.05, 4.69) is 11.4 Å². The van der Waals surface area contributed by atoms with E-state index < -0.39 is 11.9 Å². The lowest BCUT2D eigenvalue weighted by molar-refractivity contribution is -0.134. The Morgan fingerprint density at radius 3 is 2.62 bits per heavy atom. The summed E-state index contributed by atoms with van der Waals surface area (Å²) in [7, 11) is 0. The Kier molecular flexibility index (Phi) is 4.77. The lowest BCUT2D eigenvalue weighted by Crippen LogP contribution is -2.53. The molecule has 0 bridgehead atoms. The summed E-state index contributed by atoms with van der Waals surface area (Å²) in [6.45, 7) is 0. The zero-order valence-corrected chi connectivity index (χ0v) is 18.3. The molecule has 2 saturated carbocycles. The topological polar surface area (TPSA) is 79.4 Å². The van der Waals surface area contributed by atoms with Crippen molar-refractivity contribution in [1.82, 2.24) is 10.3 Å². The van der Waals surface area contributed by atoms with Gasteiger partial charge in [0.2, 0.25) is 11.8 Å². The summed E-state index contributed by atoms with van der Waals surface area (Å²) < 4.78 is 0. The number of nitrogens with zero attached hydrogens (tertiary/aromatic N) is 2. The van der Waals surface area contributed by atoms with Gasteiger partial charge in [-0.15, -0.1) is 0 Å². The summed E-state index contributed by atoms with van der Waals surface area (Å²) in [6.07, 6.45) is 13.0. The van der Waals surface area contributed by atoms with Gasteiger partial charge in [-0.05, 0) is 43.6 Å².